The number of aromatic nitrogens is 2. The van der Waals surface area contributed by atoms with Crippen molar-refractivity contribution in [2.75, 3.05) is 0 Å². The van der Waals surface area contributed by atoms with Crippen LogP contribution in [-0.2, 0) is 6.54 Å². The minimum absolute atomic E-state index is 0.397. The quantitative estimate of drug-likeness (QED) is 0.480. The summed E-state index contributed by atoms with van der Waals surface area (Å²) in [6.07, 6.45) is 0. The molecule has 0 amide bonds. The fourth-order valence-corrected chi connectivity index (χ4v) is 3.09. The summed E-state index contributed by atoms with van der Waals surface area (Å²) in [5, 5.41) is 6.42. The summed E-state index contributed by atoms with van der Waals surface area (Å²) in [6.45, 7) is 0.502. The molecule has 4 heteroatoms. The molecule has 0 unspecified atom stereocenters. The fourth-order valence-electron chi connectivity index (χ4n) is 2.94. The van der Waals surface area contributed by atoms with Gasteiger partial charge in [0.25, 0.3) is 5.24 Å². The van der Waals surface area contributed by atoms with Gasteiger partial charge in [0.15, 0.2) is 0 Å². The van der Waals surface area contributed by atoms with Crippen LogP contribution in [-0.4, -0.2) is 15.0 Å². The number of fused-ring (bicyclic) bond motifs is 1. The summed E-state index contributed by atoms with van der Waals surface area (Å²) in [7, 11) is 0. The van der Waals surface area contributed by atoms with E-state index in [4.69, 9.17) is 11.6 Å². The van der Waals surface area contributed by atoms with Gasteiger partial charge in [-0.15, -0.1) is 0 Å². The third-order valence-corrected chi connectivity index (χ3v) is 4.40. The van der Waals surface area contributed by atoms with Crippen molar-refractivity contribution < 1.29 is 4.79 Å². The molecular formula is C21H15ClN2O. The fraction of sp³-hybridized carbons (Fsp3) is 0.0476. The third-order valence-electron chi connectivity index (χ3n) is 4.20. The van der Waals surface area contributed by atoms with Gasteiger partial charge in [-0.3, -0.25) is 9.48 Å². The Bertz CT molecular complexity index is 1050. The zero-order valence-electron chi connectivity index (χ0n) is 13.4. The Morgan fingerprint density at radius 2 is 1.60 bits per heavy atom. The van der Waals surface area contributed by atoms with Gasteiger partial charge in [0, 0.05) is 5.56 Å². The maximum Gasteiger partial charge on any atom is 0.270 e. The zero-order chi connectivity index (χ0) is 17.2. The highest BCUT2D eigenvalue weighted by molar-refractivity contribution is 6.67. The molecule has 0 atom stereocenters. The van der Waals surface area contributed by atoms with E-state index < -0.39 is 5.24 Å². The topological polar surface area (TPSA) is 34.9 Å². The second kappa shape index (κ2) is 6.54. The number of nitrogens with zero attached hydrogens (tertiary/aromatic N) is 2. The van der Waals surface area contributed by atoms with E-state index in [1.165, 1.54) is 5.39 Å². The Morgan fingerprint density at radius 3 is 2.36 bits per heavy atom. The van der Waals surface area contributed by atoms with Crippen molar-refractivity contribution in [1.29, 1.82) is 0 Å². The second-order valence-corrected chi connectivity index (χ2v) is 6.24. The largest absolute Gasteiger partial charge is 0.274 e. The normalized spacial score (nSPS) is 10.9. The highest BCUT2D eigenvalue weighted by Crippen LogP contribution is 2.25. The predicted molar refractivity (Wildman–Crippen MR) is 101 cm³/mol. The van der Waals surface area contributed by atoms with Gasteiger partial charge in [-0.2, -0.15) is 5.10 Å². The van der Waals surface area contributed by atoms with Crippen molar-refractivity contribution in [2.45, 2.75) is 6.54 Å². The Kier molecular flexibility index (Phi) is 4.08. The van der Waals surface area contributed by atoms with Crippen molar-refractivity contribution in [3.8, 4) is 11.3 Å². The molecule has 1 heterocycles. The number of hydrogen-bond acceptors (Lipinski definition) is 2. The average Bonchev–Trinajstić information content (AvgIpc) is 3.06. The molecule has 0 saturated heterocycles. The first-order chi connectivity index (χ1) is 12.2. The molecule has 0 saturated carbocycles. The summed E-state index contributed by atoms with van der Waals surface area (Å²) in [5.41, 5.74) is 3.17. The van der Waals surface area contributed by atoms with Crippen LogP contribution in [0.3, 0.4) is 0 Å². The smallest absolute Gasteiger partial charge is 0.270 e. The lowest BCUT2D eigenvalue weighted by Gasteiger charge is -2.04. The van der Waals surface area contributed by atoms with Gasteiger partial charge in [-0.1, -0.05) is 66.7 Å². The first-order valence-corrected chi connectivity index (χ1v) is 8.39. The average molecular weight is 347 g/mol. The Hall–Kier alpha value is -2.91. The van der Waals surface area contributed by atoms with E-state index in [0.717, 1.165) is 22.2 Å². The number of carbonyl (C=O) groups excluding carboxylic acids is 1. The van der Waals surface area contributed by atoms with Crippen molar-refractivity contribution >= 4 is 27.6 Å². The maximum absolute atomic E-state index is 11.8. The second-order valence-electron chi connectivity index (χ2n) is 5.89. The third kappa shape index (κ3) is 3.19. The van der Waals surface area contributed by atoms with Gasteiger partial charge in [0.1, 0.15) is 5.69 Å². The first-order valence-electron chi connectivity index (χ1n) is 8.01. The van der Waals surface area contributed by atoms with Gasteiger partial charge >= 0.3 is 0 Å². The Labute approximate surface area is 150 Å². The molecule has 1 aromatic heterocycles. The lowest BCUT2D eigenvalue weighted by atomic mass is 10.1. The molecule has 3 nitrogen and oxygen atoms in total. The highest BCUT2D eigenvalue weighted by Gasteiger charge is 2.15. The molecule has 4 rings (SSSR count). The molecular weight excluding hydrogens is 332 g/mol. The van der Waals surface area contributed by atoms with Crippen molar-refractivity contribution in [3.05, 3.63) is 90.1 Å². The maximum atomic E-state index is 11.8. The summed E-state index contributed by atoms with van der Waals surface area (Å²) in [6, 6.07) is 25.9. The van der Waals surface area contributed by atoms with Gasteiger partial charge in [-0.05, 0) is 40.1 Å². The van der Waals surface area contributed by atoms with Gasteiger partial charge in [0.2, 0.25) is 0 Å². The highest BCUT2D eigenvalue weighted by atomic mass is 35.5. The van der Waals surface area contributed by atoms with Crippen LogP contribution in [0.4, 0.5) is 0 Å². The van der Waals surface area contributed by atoms with Crippen molar-refractivity contribution in [2.24, 2.45) is 0 Å². The minimum Gasteiger partial charge on any atom is -0.274 e. The molecule has 25 heavy (non-hydrogen) atoms. The first kappa shape index (κ1) is 15.6. The Morgan fingerprint density at radius 1 is 0.880 bits per heavy atom. The molecule has 0 fully saturated rings. The number of rotatable bonds is 4. The van der Waals surface area contributed by atoms with E-state index in [-0.39, 0.29) is 0 Å². The summed E-state index contributed by atoms with van der Waals surface area (Å²) in [4.78, 5) is 11.8. The summed E-state index contributed by atoms with van der Waals surface area (Å²) < 4.78 is 1.66. The molecule has 122 valence electrons. The van der Waals surface area contributed by atoms with Crippen LogP contribution >= 0.6 is 11.6 Å². The number of halogens is 1. The zero-order valence-corrected chi connectivity index (χ0v) is 14.1. The van der Waals surface area contributed by atoms with Gasteiger partial charge < -0.3 is 0 Å². The molecule has 0 bridgehead atoms. The van der Waals surface area contributed by atoms with Crippen molar-refractivity contribution in [3.63, 3.8) is 0 Å². The molecule has 0 radical (unpaired) electrons. The number of benzene rings is 3. The Balaban J connectivity index is 1.76. The molecule has 0 spiro atoms. The lowest BCUT2D eigenvalue weighted by Crippen LogP contribution is -2.08. The van der Waals surface area contributed by atoms with Crippen LogP contribution < -0.4 is 0 Å². The molecule has 3 aromatic carbocycles. The van der Waals surface area contributed by atoms with E-state index in [1.807, 2.05) is 48.5 Å². The van der Waals surface area contributed by atoms with E-state index in [9.17, 15) is 4.79 Å². The standard InChI is InChI=1S/C21H15ClN2O/c22-21(25)20-13-19(23-24(20)14-15-6-2-1-3-7-15)18-11-10-16-8-4-5-9-17(16)12-18/h1-13H,14H2. The van der Waals surface area contributed by atoms with E-state index in [1.54, 1.807) is 10.7 Å². The van der Waals surface area contributed by atoms with Gasteiger partial charge in [-0.25, -0.2) is 0 Å². The van der Waals surface area contributed by atoms with Crippen LogP contribution in [0.1, 0.15) is 16.1 Å². The summed E-state index contributed by atoms with van der Waals surface area (Å²) in [5.74, 6) is 0. The summed E-state index contributed by atoms with van der Waals surface area (Å²) >= 11 is 5.77. The molecule has 0 N–H and O–H groups in total. The molecule has 0 aliphatic carbocycles. The van der Waals surface area contributed by atoms with E-state index >= 15 is 0 Å². The predicted octanol–water partition coefficient (Wildman–Crippen LogP) is 5.13. The van der Waals surface area contributed by atoms with Crippen molar-refractivity contribution in [1.82, 2.24) is 9.78 Å². The monoisotopic (exact) mass is 346 g/mol. The SMILES string of the molecule is O=C(Cl)c1cc(-c2ccc3ccccc3c2)nn1Cc1ccccc1. The molecule has 0 aliphatic rings. The van der Waals surface area contributed by atoms with Gasteiger partial charge in [0.05, 0.1) is 12.2 Å². The molecule has 0 aliphatic heterocycles. The van der Waals surface area contributed by atoms with Crippen LogP contribution in [0.5, 0.6) is 0 Å². The van der Waals surface area contributed by atoms with Crippen LogP contribution in [0.15, 0.2) is 78.9 Å². The van der Waals surface area contributed by atoms with Crippen LogP contribution in [0.2, 0.25) is 0 Å². The van der Waals surface area contributed by atoms with Crippen LogP contribution in [0, 0.1) is 0 Å². The van der Waals surface area contributed by atoms with Crippen LogP contribution in [0.25, 0.3) is 22.0 Å². The van der Waals surface area contributed by atoms with E-state index in [0.29, 0.717) is 12.2 Å². The van der Waals surface area contributed by atoms with E-state index in [2.05, 4.69) is 29.4 Å². The number of carbonyl (C=O) groups is 1. The molecule has 4 aromatic rings. The lowest BCUT2D eigenvalue weighted by molar-refractivity contribution is 0.107. The number of hydrogen-bond donors (Lipinski definition) is 0. The minimum atomic E-state index is -0.504.